The largest absolute Gasteiger partial charge is 0.481 e. The molecule has 0 aromatic rings. The van der Waals surface area contributed by atoms with Crippen molar-refractivity contribution in [3.8, 4) is 0 Å². The second kappa shape index (κ2) is 18.8. The fraction of sp³-hybridized carbons (Fsp3) is 0.889. The molecule has 1 aliphatic carbocycles. The van der Waals surface area contributed by atoms with Gasteiger partial charge in [0, 0.05) is 0 Å². The van der Waals surface area contributed by atoms with E-state index in [9.17, 15) is 19.5 Å². The molecular weight excluding hydrogens is 420 g/mol. The Labute approximate surface area is 201 Å². The lowest BCUT2D eigenvalue weighted by molar-refractivity contribution is -0.159. The summed E-state index contributed by atoms with van der Waals surface area (Å²) in [5, 5.41) is 9.50. The van der Waals surface area contributed by atoms with Crippen LogP contribution >= 0.6 is 0 Å². The van der Waals surface area contributed by atoms with Crippen LogP contribution < -0.4 is 0 Å². The van der Waals surface area contributed by atoms with E-state index in [2.05, 4.69) is 13.8 Å². The highest BCUT2D eigenvalue weighted by atomic mass is 16.5. The van der Waals surface area contributed by atoms with Gasteiger partial charge >= 0.3 is 17.9 Å². The van der Waals surface area contributed by atoms with Crippen molar-refractivity contribution >= 4 is 17.9 Å². The Kier molecular flexibility index (Phi) is 16.8. The second-order valence-corrected chi connectivity index (χ2v) is 9.71. The molecule has 0 amide bonds. The van der Waals surface area contributed by atoms with Crippen molar-refractivity contribution in [2.45, 2.75) is 123 Å². The van der Waals surface area contributed by atoms with E-state index in [0.717, 1.165) is 38.5 Å². The number of esters is 2. The maximum atomic E-state index is 12.5. The first-order valence-electron chi connectivity index (χ1n) is 13.6. The molecule has 192 valence electrons. The van der Waals surface area contributed by atoms with Gasteiger partial charge in [-0.2, -0.15) is 0 Å². The summed E-state index contributed by atoms with van der Waals surface area (Å²) in [6.45, 7) is 5.13. The molecule has 0 spiro atoms. The normalized spacial score (nSPS) is 20.4. The molecule has 6 nitrogen and oxygen atoms in total. The van der Waals surface area contributed by atoms with Crippen molar-refractivity contribution in [2.24, 2.45) is 17.8 Å². The quantitative estimate of drug-likeness (QED) is 0.168. The van der Waals surface area contributed by atoms with E-state index in [1.165, 1.54) is 51.4 Å². The van der Waals surface area contributed by atoms with Gasteiger partial charge in [0.1, 0.15) is 0 Å². The van der Waals surface area contributed by atoms with E-state index in [0.29, 0.717) is 19.6 Å². The topological polar surface area (TPSA) is 89.9 Å². The maximum absolute atomic E-state index is 12.5. The summed E-state index contributed by atoms with van der Waals surface area (Å²) in [6, 6.07) is 0. The summed E-state index contributed by atoms with van der Waals surface area (Å²) in [5.74, 6) is -3.47. The van der Waals surface area contributed by atoms with Crippen molar-refractivity contribution in [2.75, 3.05) is 13.2 Å². The van der Waals surface area contributed by atoms with Gasteiger partial charge < -0.3 is 14.6 Å². The molecule has 0 saturated heterocycles. The molecule has 0 aliphatic heterocycles. The first kappa shape index (κ1) is 29.4. The van der Waals surface area contributed by atoms with E-state index in [1.807, 2.05) is 0 Å². The van der Waals surface area contributed by atoms with Gasteiger partial charge in [-0.05, 0) is 32.1 Å². The highest BCUT2D eigenvalue weighted by Crippen LogP contribution is 2.35. The molecule has 0 aromatic carbocycles. The minimum absolute atomic E-state index is 0.243. The summed E-state index contributed by atoms with van der Waals surface area (Å²) in [5.41, 5.74) is 0. The summed E-state index contributed by atoms with van der Waals surface area (Å²) in [6.07, 6.45) is 16.8. The third-order valence-electron chi connectivity index (χ3n) is 6.71. The Morgan fingerprint density at radius 2 is 0.909 bits per heavy atom. The molecule has 0 aromatic heterocycles. The lowest BCUT2D eigenvalue weighted by Crippen LogP contribution is -2.36. The van der Waals surface area contributed by atoms with E-state index in [-0.39, 0.29) is 24.8 Å². The summed E-state index contributed by atoms with van der Waals surface area (Å²) in [4.78, 5) is 36.7. The smallest absolute Gasteiger partial charge is 0.308 e. The molecule has 1 fully saturated rings. The predicted molar refractivity (Wildman–Crippen MR) is 130 cm³/mol. The van der Waals surface area contributed by atoms with E-state index in [1.54, 1.807) is 0 Å². The van der Waals surface area contributed by atoms with Crippen LogP contribution in [0.1, 0.15) is 123 Å². The van der Waals surface area contributed by atoms with Crippen LogP contribution in [0.15, 0.2) is 0 Å². The van der Waals surface area contributed by atoms with Crippen molar-refractivity contribution in [1.29, 1.82) is 0 Å². The zero-order chi connectivity index (χ0) is 24.3. The first-order valence-corrected chi connectivity index (χ1v) is 13.6. The summed E-state index contributed by atoms with van der Waals surface area (Å²) in [7, 11) is 0. The van der Waals surface area contributed by atoms with Gasteiger partial charge in [0.25, 0.3) is 0 Å². The molecule has 1 rings (SSSR count). The highest BCUT2D eigenvalue weighted by Gasteiger charge is 2.40. The highest BCUT2D eigenvalue weighted by molar-refractivity contribution is 5.79. The zero-order valence-corrected chi connectivity index (χ0v) is 21.2. The third-order valence-corrected chi connectivity index (χ3v) is 6.71. The number of unbranched alkanes of at least 4 members (excludes halogenated alkanes) is 12. The lowest BCUT2D eigenvalue weighted by Gasteiger charge is -2.30. The van der Waals surface area contributed by atoms with Crippen LogP contribution in [0.4, 0.5) is 0 Å². The Morgan fingerprint density at radius 1 is 0.576 bits per heavy atom. The number of carbonyl (C=O) groups excluding carboxylic acids is 2. The molecular formula is C27H48O6. The van der Waals surface area contributed by atoms with Crippen LogP contribution in [0.25, 0.3) is 0 Å². The average Bonchev–Trinajstić information content (AvgIpc) is 2.81. The fourth-order valence-electron chi connectivity index (χ4n) is 4.61. The van der Waals surface area contributed by atoms with Crippen LogP contribution in [0.3, 0.4) is 0 Å². The number of carbonyl (C=O) groups is 3. The van der Waals surface area contributed by atoms with Crippen molar-refractivity contribution in [3.63, 3.8) is 0 Å². The van der Waals surface area contributed by atoms with Crippen LogP contribution in [-0.2, 0) is 23.9 Å². The first-order chi connectivity index (χ1) is 16.0. The molecule has 2 atom stereocenters. The third kappa shape index (κ3) is 13.6. The fourth-order valence-corrected chi connectivity index (χ4v) is 4.61. The molecule has 0 bridgehead atoms. The molecule has 1 saturated carbocycles. The number of hydrogen-bond donors (Lipinski definition) is 1. The van der Waals surface area contributed by atoms with E-state index >= 15 is 0 Å². The van der Waals surface area contributed by atoms with Crippen LogP contribution in [0, 0.1) is 17.8 Å². The molecule has 1 N–H and O–H groups in total. The summed E-state index contributed by atoms with van der Waals surface area (Å²) < 4.78 is 10.9. The van der Waals surface area contributed by atoms with Gasteiger partial charge in [-0.15, -0.1) is 0 Å². The van der Waals surface area contributed by atoms with Gasteiger partial charge in [0.2, 0.25) is 0 Å². The molecule has 0 heterocycles. The van der Waals surface area contributed by atoms with Gasteiger partial charge in [-0.1, -0.05) is 90.9 Å². The lowest BCUT2D eigenvalue weighted by atomic mass is 9.75. The van der Waals surface area contributed by atoms with Crippen molar-refractivity contribution in [1.82, 2.24) is 0 Å². The summed E-state index contributed by atoms with van der Waals surface area (Å²) >= 11 is 0. The maximum Gasteiger partial charge on any atom is 0.308 e. The zero-order valence-electron chi connectivity index (χ0n) is 21.2. The Hall–Kier alpha value is -1.59. The SMILES string of the molecule is CCCCCCCCCOC(=O)C1CC(C(=O)O)CC(C(=O)OCCCCCCCCC)C1. The molecule has 33 heavy (non-hydrogen) atoms. The Balaban J connectivity index is 2.33. The standard InChI is InChI=1S/C27H48O6/c1-3-5-7-9-11-13-15-17-32-26(30)23-19-22(25(28)29)20-24(21-23)27(31)33-18-16-14-12-10-8-6-4-2/h22-24H,3-21H2,1-2H3,(H,28,29). The second-order valence-electron chi connectivity index (χ2n) is 9.71. The van der Waals surface area contributed by atoms with Gasteiger partial charge in [0.15, 0.2) is 0 Å². The number of ether oxygens (including phenoxy) is 2. The van der Waals surface area contributed by atoms with Crippen molar-refractivity contribution < 1.29 is 29.0 Å². The Morgan fingerprint density at radius 3 is 1.27 bits per heavy atom. The van der Waals surface area contributed by atoms with E-state index < -0.39 is 23.7 Å². The van der Waals surface area contributed by atoms with Crippen molar-refractivity contribution in [3.05, 3.63) is 0 Å². The average molecular weight is 469 g/mol. The minimum Gasteiger partial charge on any atom is -0.481 e. The molecule has 0 radical (unpaired) electrons. The van der Waals surface area contributed by atoms with Crippen LogP contribution in [0.5, 0.6) is 0 Å². The number of aliphatic carboxylic acids is 1. The molecule has 6 heteroatoms. The minimum atomic E-state index is -0.954. The predicted octanol–water partition coefficient (Wildman–Crippen LogP) is 6.69. The van der Waals surface area contributed by atoms with Gasteiger partial charge in [-0.3, -0.25) is 14.4 Å². The molecule has 2 unspecified atom stereocenters. The number of carboxylic acids is 1. The number of carboxylic acid groups (broad SMARTS) is 1. The van der Waals surface area contributed by atoms with Gasteiger partial charge in [0.05, 0.1) is 31.0 Å². The van der Waals surface area contributed by atoms with E-state index in [4.69, 9.17) is 9.47 Å². The number of hydrogen-bond acceptors (Lipinski definition) is 5. The molecule has 1 aliphatic rings. The number of rotatable bonds is 19. The van der Waals surface area contributed by atoms with Crippen LogP contribution in [0.2, 0.25) is 0 Å². The van der Waals surface area contributed by atoms with Gasteiger partial charge in [-0.25, -0.2) is 0 Å². The Bertz CT molecular complexity index is 507. The monoisotopic (exact) mass is 468 g/mol. The van der Waals surface area contributed by atoms with Crippen LogP contribution in [-0.4, -0.2) is 36.2 Å².